The second-order valence-corrected chi connectivity index (χ2v) is 6.67. The molecule has 2 aromatic carbocycles. The predicted molar refractivity (Wildman–Crippen MR) is 110 cm³/mol. The van der Waals surface area contributed by atoms with Crippen molar-refractivity contribution in [3.8, 4) is 0 Å². The van der Waals surface area contributed by atoms with Crippen molar-refractivity contribution >= 4 is 23.5 Å². The van der Waals surface area contributed by atoms with E-state index in [0.29, 0.717) is 11.1 Å². The van der Waals surface area contributed by atoms with Gasteiger partial charge in [-0.15, -0.1) is 0 Å². The summed E-state index contributed by atoms with van der Waals surface area (Å²) >= 11 is 0. The SMILES string of the molecule is CCOC(=O)C[C@H](c1ccc([N+](=O)[O-])cc1)[C@@H](NC(=O)[C@@H](O)c1ccccc1)C(N)=O. The van der Waals surface area contributed by atoms with Crippen molar-refractivity contribution in [1.29, 1.82) is 0 Å². The molecule has 0 spiro atoms. The highest BCUT2D eigenvalue weighted by atomic mass is 16.6. The highest BCUT2D eigenvalue weighted by Gasteiger charge is 2.34. The normalized spacial score (nSPS) is 13.5. The number of carbonyl (C=O) groups excluding carboxylic acids is 3. The number of ether oxygens (including phenoxy) is 1. The van der Waals surface area contributed by atoms with E-state index in [9.17, 15) is 29.6 Å². The molecule has 3 atom stereocenters. The van der Waals surface area contributed by atoms with Crippen molar-refractivity contribution in [2.75, 3.05) is 6.61 Å². The van der Waals surface area contributed by atoms with Crippen molar-refractivity contribution in [3.63, 3.8) is 0 Å². The summed E-state index contributed by atoms with van der Waals surface area (Å²) in [4.78, 5) is 47.2. The number of aliphatic hydroxyl groups is 1. The molecule has 0 radical (unpaired) electrons. The van der Waals surface area contributed by atoms with Crippen molar-refractivity contribution in [2.45, 2.75) is 31.4 Å². The molecule has 2 amide bonds. The highest BCUT2D eigenvalue weighted by molar-refractivity contribution is 5.90. The van der Waals surface area contributed by atoms with Crippen LogP contribution in [0, 0.1) is 10.1 Å². The van der Waals surface area contributed by atoms with Crippen molar-refractivity contribution in [1.82, 2.24) is 5.32 Å². The Morgan fingerprint density at radius 3 is 2.23 bits per heavy atom. The lowest BCUT2D eigenvalue weighted by Gasteiger charge is -2.26. The molecule has 0 aliphatic rings. The summed E-state index contributed by atoms with van der Waals surface area (Å²) in [6.45, 7) is 1.72. The van der Waals surface area contributed by atoms with Crippen LogP contribution in [0.1, 0.15) is 36.5 Å². The van der Waals surface area contributed by atoms with Gasteiger partial charge in [0.2, 0.25) is 5.91 Å². The van der Waals surface area contributed by atoms with Crippen LogP contribution < -0.4 is 11.1 Å². The average molecular weight is 429 g/mol. The first kappa shape index (κ1) is 23.5. The second-order valence-electron chi connectivity index (χ2n) is 6.67. The third-order valence-electron chi connectivity index (χ3n) is 4.59. The maximum atomic E-state index is 12.6. The molecular weight excluding hydrogens is 406 g/mol. The molecule has 10 heteroatoms. The van der Waals surface area contributed by atoms with Gasteiger partial charge in [0.25, 0.3) is 11.6 Å². The van der Waals surface area contributed by atoms with Gasteiger partial charge in [-0.2, -0.15) is 0 Å². The molecule has 0 aromatic heterocycles. The summed E-state index contributed by atoms with van der Waals surface area (Å²) in [5.41, 5.74) is 5.98. The maximum Gasteiger partial charge on any atom is 0.306 e. The molecular formula is C21H23N3O7. The van der Waals surface area contributed by atoms with Gasteiger partial charge in [-0.3, -0.25) is 24.5 Å². The van der Waals surface area contributed by atoms with E-state index in [1.165, 1.54) is 36.4 Å². The standard InChI is InChI=1S/C21H23N3O7/c1-2-31-17(25)12-16(13-8-10-15(11-9-13)24(29)30)18(20(22)27)23-21(28)19(26)14-6-4-3-5-7-14/h3-11,16,18-19,26H,2,12H2,1H3,(H2,22,27)(H,23,28)/t16-,18-,19+/m1/s1. The zero-order valence-electron chi connectivity index (χ0n) is 16.8. The number of non-ortho nitro benzene ring substituents is 1. The Hall–Kier alpha value is -3.79. The third-order valence-corrected chi connectivity index (χ3v) is 4.59. The van der Waals surface area contributed by atoms with E-state index in [4.69, 9.17) is 10.5 Å². The summed E-state index contributed by atoms with van der Waals surface area (Å²) in [5.74, 6) is -3.44. The number of esters is 1. The molecule has 0 unspecified atom stereocenters. The van der Waals surface area contributed by atoms with E-state index in [1.54, 1.807) is 25.1 Å². The van der Waals surface area contributed by atoms with Gasteiger partial charge in [-0.25, -0.2) is 0 Å². The molecule has 2 rings (SSSR count). The van der Waals surface area contributed by atoms with Crippen LogP contribution in [-0.4, -0.2) is 40.5 Å². The average Bonchev–Trinajstić information content (AvgIpc) is 2.76. The molecule has 2 aromatic rings. The molecule has 0 aliphatic carbocycles. The Bertz CT molecular complexity index is 932. The van der Waals surface area contributed by atoms with E-state index in [0.717, 1.165) is 0 Å². The van der Waals surface area contributed by atoms with Crippen LogP contribution in [0.25, 0.3) is 0 Å². The number of amides is 2. The van der Waals surface area contributed by atoms with E-state index < -0.39 is 40.8 Å². The van der Waals surface area contributed by atoms with Gasteiger partial charge >= 0.3 is 5.97 Å². The number of nitrogens with zero attached hydrogens (tertiary/aromatic N) is 1. The summed E-state index contributed by atoms with van der Waals surface area (Å²) in [5, 5.41) is 23.6. The van der Waals surface area contributed by atoms with Gasteiger partial charge in [-0.05, 0) is 18.1 Å². The zero-order valence-corrected chi connectivity index (χ0v) is 16.8. The van der Waals surface area contributed by atoms with Crippen LogP contribution in [0.4, 0.5) is 5.69 Å². The molecule has 0 bridgehead atoms. The minimum absolute atomic E-state index is 0.103. The number of nitrogens with two attached hydrogens (primary N) is 1. The molecule has 0 saturated carbocycles. The summed E-state index contributed by atoms with van der Waals surface area (Å²) in [6, 6.07) is 11.9. The topological polar surface area (TPSA) is 162 Å². The number of benzene rings is 2. The lowest BCUT2D eigenvalue weighted by Crippen LogP contribution is -2.50. The van der Waals surface area contributed by atoms with Crippen LogP contribution in [0.5, 0.6) is 0 Å². The number of nitro benzene ring substituents is 1. The van der Waals surface area contributed by atoms with E-state index >= 15 is 0 Å². The monoisotopic (exact) mass is 429 g/mol. The first-order chi connectivity index (χ1) is 14.7. The Labute approximate surface area is 178 Å². The largest absolute Gasteiger partial charge is 0.466 e. The molecule has 31 heavy (non-hydrogen) atoms. The zero-order chi connectivity index (χ0) is 23.0. The third kappa shape index (κ3) is 6.34. The van der Waals surface area contributed by atoms with Crippen molar-refractivity contribution in [3.05, 3.63) is 75.8 Å². The van der Waals surface area contributed by atoms with Crippen LogP contribution in [-0.2, 0) is 19.1 Å². The van der Waals surface area contributed by atoms with Crippen molar-refractivity contribution in [2.24, 2.45) is 5.73 Å². The Kier molecular flexibility index (Phi) is 8.21. The number of primary amides is 1. The van der Waals surface area contributed by atoms with Gasteiger partial charge in [-0.1, -0.05) is 42.5 Å². The fourth-order valence-corrected chi connectivity index (χ4v) is 3.06. The second kappa shape index (κ2) is 10.8. The smallest absolute Gasteiger partial charge is 0.306 e. The van der Waals surface area contributed by atoms with E-state index in [-0.39, 0.29) is 18.7 Å². The van der Waals surface area contributed by atoms with E-state index in [1.807, 2.05) is 0 Å². The lowest BCUT2D eigenvalue weighted by molar-refractivity contribution is -0.384. The minimum atomic E-state index is -1.57. The molecule has 0 saturated heterocycles. The number of aliphatic hydroxyl groups excluding tert-OH is 1. The van der Waals surface area contributed by atoms with E-state index in [2.05, 4.69) is 5.32 Å². The fourth-order valence-electron chi connectivity index (χ4n) is 3.06. The number of carbonyl (C=O) groups is 3. The number of hydrogen-bond acceptors (Lipinski definition) is 7. The minimum Gasteiger partial charge on any atom is -0.466 e. The van der Waals surface area contributed by atoms with Crippen LogP contribution >= 0.6 is 0 Å². The molecule has 10 nitrogen and oxygen atoms in total. The molecule has 0 fully saturated rings. The van der Waals surface area contributed by atoms with Gasteiger partial charge in [0.05, 0.1) is 18.0 Å². The van der Waals surface area contributed by atoms with Gasteiger partial charge in [0.1, 0.15) is 6.04 Å². The van der Waals surface area contributed by atoms with Crippen LogP contribution in [0.3, 0.4) is 0 Å². The van der Waals surface area contributed by atoms with Gasteiger partial charge < -0.3 is 20.9 Å². The number of hydrogen-bond donors (Lipinski definition) is 3. The summed E-state index contributed by atoms with van der Waals surface area (Å²) < 4.78 is 4.95. The highest BCUT2D eigenvalue weighted by Crippen LogP contribution is 2.27. The summed E-state index contributed by atoms with van der Waals surface area (Å²) in [7, 11) is 0. The Morgan fingerprint density at radius 1 is 1.10 bits per heavy atom. The van der Waals surface area contributed by atoms with Gasteiger partial charge in [0.15, 0.2) is 6.10 Å². The lowest BCUT2D eigenvalue weighted by atomic mass is 9.87. The maximum absolute atomic E-state index is 12.6. The fraction of sp³-hybridized carbons (Fsp3) is 0.286. The molecule has 4 N–H and O–H groups in total. The summed E-state index contributed by atoms with van der Waals surface area (Å²) in [6.07, 6.45) is -1.89. The number of rotatable bonds is 10. The van der Waals surface area contributed by atoms with Gasteiger partial charge in [0, 0.05) is 18.1 Å². The van der Waals surface area contributed by atoms with Crippen LogP contribution in [0.2, 0.25) is 0 Å². The van der Waals surface area contributed by atoms with Crippen molar-refractivity contribution < 1.29 is 29.2 Å². The first-order valence-corrected chi connectivity index (χ1v) is 9.47. The molecule has 164 valence electrons. The molecule has 0 heterocycles. The quantitative estimate of drug-likeness (QED) is 0.291. The number of nitro groups is 1. The Morgan fingerprint density at radius 2 is 1.71 bits per heavy atom. The molecule has 0 aliphatic heterocycles. The Balaban J connectivity index is 2.34. The first-order valence-electron chi connectivity index (χ1n) is 9.47. The van der Waals surface area contributed by atoms with Crippen LogP contribution in [0.15, 0.2) is 54.6 Å². The number of nitrogens with one attached hydrogen (secondary N) is 1. The predicted octanol–water partition coefficient (Wildman–Crippen LogP) is 1.34.